The predicted octanol–water partition coefficient (Wildman–Crippen LogP) is 1.64. The van der Waals surface area contributed by atoms with Crippen LogP contribution in [0.15, 0.2) is 24.3 Å². The van der Waals surface area contributed by atoms with Crippen LogP contribution in [0.3, 0.4) is 0 Å². The summed E-state index contributed by atoms with van der Waals surface area (Å²) in [6, 6.07) is 4.58. The zero-order valence-electron chi connectivity index (χ0n) is 9.10. The van der Waals surface area contributed by atoms with Gasteiger partial charge < -0.3 is 15.5 Å². The van der Waals surface area contributed by atoms with Gasteiger partial charge in [-0.3, -0.25) is 4.79 Å². The molecule has 0 atom stereocenters. The number of hydrogen-bond acceptors (Lipinski definition) is 3. The van der Waals surface area contributed by atoms with Gasteiger partial charge in [-0.1, -0.05) is 18.2 Å². The fourth-order valence-corrected chi connectivity index (χ4v) is 1.24. The van der Waals surface area contributed by atoms with Gasteiger partial charge in [0.05, 0.1) is 5.56 Å². The van der Waals surface area contributed by atoms with Crippen molar-refractivity contribution < 1.29 is 15.0 Å². The van der Waals surface area contributed by atoms with Gasteiger partial charge >= 0.3 is 0 Å². The van der Waals surface area contributed by atoms with Gasteiger partial charge in [0.25, 0.3) is 0 Å². The molecule has 0 saturated heterocycles. The first-order chi connectivity index (χ1) is 7.61. The minimum Gasteiger partial charge on any atom is -0.507 e. The molecule has 4 nitrogen and oxygen atoms in total. The number of phenols is 2. The fraction of sp³-hybridized carbons (Fsp3) is 0.250. The van der Waals surface area contributed by atoms with Crippen LogP contribution in [0, 0.1) is 0 Å². The number of phenolic OH excluding ortho intramolecular Hbond substituents is 2. The van der Waals surface area contributed by atoms with Crippen molar-refractivity contribution in [2.75, 3.05) is 6.54 Å². The number of rotatable bonds is 4. The highest BCUT2D eigenvalue weighted by atomic mass is 16.3. The van der Waals surface area contributed by atoms with E-state index in [1.165, 1.54) is 19.1 Å². The molecule has 0 radical (unpaired) electrons. The number of amides is 1. The third-order valence-electron chi connectivity index (χ3n) is 2.03. The van der Waals surface area contributed by atoms with Crippen molar-refractivity contribution in [3.8, 4) is 11.5 Å². The second-order valence-corrected chi connectivity index (χ2v) is 3.38. The van der Waals surface area contributed by atoms with Gasteiger partial charge in [-0.2, -0.15) is 0 Å². The molecule has 0 aliphatic carbocycles. The van der Waals surface area contributed by atoms with E-state index in [1.807, 2.05) is 0 Å². The molecule has 1 aromatic rings. The minimum absolute atomic E-state index is 0.0378. The van der Waals surface area contributed by atoms with Gasteiger partial charge in [-0.25, -0.2) is 0 Å². The SMILES string of the molecule is CC(=O)NCCC=Cc1c(O)cccc1O. The maximum absolute atomic E-state index is 10.6. The lowest BCUT2D eigenvalue weighted by atomic mass is 10.1. The molecule has 0 fully saturated rings. The maximum Gasteiger partial charge on any atom is 0.216 e. The summed E-state index contributed by atoms with van der Waals surface area (Å²) in [6.45, 7) is 2.00. The Balaban J connectivity index is 2.53. The van der Waals surface area contributed by atoms with E-state index in [9.17, 15) is 15.0 Å². The van der Waals surface area contributed by atoms with Gasteiger partial charge in [0, 0.05) is 13.5 Å². The van der Waals surface area contributed by atoms with E-state index in [0.717, 1.165) is 0 Å². The Bertz CT molecular complexity index is 379. The van der Waals surface area contributed by atoms with Crippen LogP contribution in [-0.2, 0) is 4.79 Å². The summed E-state index contributed by atoms with van der Waals surface area (Å²) in [5.74, 6) is 0.00496. The second kappa shape index (κ2) is 5.80. The summed E-state index contributed by atoms with van der Waals surface area (Å²) >= 11 is 0. The highest BCUT2D eigenvalue weighted by Crippen LogP contribution is 2.27. The van der Waals surface area contributed by atoms with Crippen molar-refractivity contribution >= 4 is 12.0 Å². The molecule has 0 aliphatic rings. The first kappa shape index (κ1) is 12.1. The summed E-state index contributed by atoms with van der Waals surface area (Å²) in [7, 11) is 0. The van der Waals surface area contributed by atoms with Gasteiger partial charge in [0.15, 0.2) is 0 Å². The van der Waals surface area contributed by atoms with E-state index < -0.39 is 0 Å². The van der Waals surface area contributed by atoms with Crippen LogP contribution < -0.4 is 5.32 Å². The highest BCUT2D eigenvalue weighted by Gasteiger charge is 2.01. The van der Waals surface area contributed by atoms with Crippen molar-refractivity contribution in [3.63, 3.8) is 0 Å². The Morgan fingerprint density at radius 1 is 1.38 bits per heavy atom. The molecule has 16 heavy (non-hydrogen) atoms. The Labute approximate surface area is 94.2 Å². The van der Waals surface area contributed by atoms with E-state index in [2.05, 4.69) is 5.32 Å². The highest BCUT2D eigenvalue weighted by molar-refractivity contribution is 5.72. The molecule has 0 spiro atoms. The number of hydrogen-bond donors (Lipinski definition) is 3. The van der Waals surface area contributed by atoms with Crippen LogP contribution in [0.4, 0.5) is 0 Å². The lowest BCUT2D eigenvalue weighted by molar-refractivity contribution is -0.118. The summed E-state index contributed by atoms with van der Waals surface area (Å²) in [6.07, 6.45) is 4.06. The molecule has 1 amide bonds. The number of carbonyl (C=O) groups is 1. The van der Waals surface area contributed by atoms with E-state index in [0.29, 0.717) is 18.5 Å². The fourth-order valence-electron chi connectivity index (χ4n) is 1.24. The van der Waals surface area contributed by atoms with Crippen LogP contribution in [0.2, 0.25) is 0 Å². The summed E-state index contributed by atoms with van der Waals surface area (Å²) in [5.41, 5.74) is 0.394. The zero-order valence-corrected chi connectivity index (χ0v) is 9.10. The Kier molecular flexibility index (Phi) is 4.39. The maximum atomic E-state index is 10.6. The quantitative estimate of drug-likeness (QED) is 0.677. The molecule has 0 bridgehead atoms. The Morgan fingerprint density at radius 3 is 2.56 bits per heavy atom. The third-order valence-corrected chi connectivity index (χ3v) is 2.03. The number of aromatic hydroxyl groups is 2. The second-order valence-electron chi connectivity index (χ2n) is 3.38. The van der Waals surface area contributed by atoms with E-state index in [4.69, 9.17) is 0 Å². The molecule has 0 heterocycles. The molecule has 1 aromatic carbocycles. The molecule has 86 valence electrons. The molecule has 4 heteroatoms. The van der Waals surface area contributed by atoms with Gasteiger partial charge in [-0.05, 0) is 18.6 Å². The van der Waals surface area contributed by atoms with Gasteiger partial charge in [0.1, 0.15) is 11.5 Å². The molecule has 0 aromatic heterocycles. The lowest BCUT2D eigenvalue weighted by Crippen LogP contribution is -2.20. The van der Waals surface area contributed by atoms with Crippen LogP contribution >= 0.6 is 0 Å². The zero-order chi connectivity index (χ0) is 12.0. The molecule has 3 N–H and O–H groups in total. The molecule has 0 aliphatic heterocycles. The summed E-state index contributed by atoms with van der Waals surface area (Å²) in [5, 5.41) is 21.6. The van der Waals surface area contributed by atoms with Crippen molar-refractivity contribution in [2.45, 2.75) is 13.3 Å². The van der Waals surface area contributed by atoms with Crippen molar-refractivity contribution in [2.24, 2.45) is 0 Å². The van der Waals surface area contributed by atoms with E-state index >= 15 is 0 Å². The summed E-state index contributed by atoms with van der Waals surface area (Å²) < 4.78 is 0. The van der Waals surface area contributed by atoms with E-state index in [-0.39, 0.29) is 17.4 Å². The van der Waals surface area contributed by atoms with Crippen LogP contribution in [0.1, 0.15) is 18.9 Å². The molecular formula is C12H15NO3. The topological polar surface area (TPSA) is 69.6 Å². The molecule has 0 saturated carbocycles. The lowest BCUT2D eigenvalue weighted by Gasteiger charge is -2.01. The monoisotopic (exact) mass is 221 g/mol. The Morgan fingerprint density at radius 2 is 2.00 bits per heavy atom. The van der Waals surface area contributed by atoms with E-state index in [1.54, 1.807) is 18.2 Å². The average Bonchev–Trinajstić information content (AvgIpc) is 2.21. The normalized spacial score (nSPS) is 10.6. The standard InChI is InChI=1S/C12H15NO3/c1-9(14)13-8-3-2-5-10-11(15)6-4-7-12(10)16/h2,4-7,15-16H,3,8H2,1H3,(H,13,14). The van der Waals surface area contributed by atoms with Crippen molar-refractivity contribution in [1.29, 1.82) is 0 Å². The Hall–Kier alpha value is -1.97. The smallest absolute Gasteiger partial charge is 0.216 e. The predicted molar refractivity (Wildman–Crippen MR) is 62.1 cm³/mol. The largest absolute Gasteiger partial charge is 0.507 e. The number of carbonyl (C=O) groups excluding carboxylic acids is 1. The number of nitrogens with one attached hydrogen (secondary N) is 1. The van der Waals surface area contributed by atoms with Crippen molar-refractivity contribution in [3.05, 3.63) is 29.8 Å². The molecule has 0 unspecified atom stereocenters. The van der Waals surface area contributed by atoms with Crippen molar-refractivity contribution in [1.82, 2.24) is 5.32 Å². The third kappa shape index (κ3) is 3.65. The van der Waals surface area contributed by atoms with Gasteiger partial charge in [-0.15, -0.1) is 0 Å². The first-order valence-electron chi connectivity index (χ1n) is 5.03. The van der Waals surface area contributed by atoms with Crippen LogP contribution in [0.25, 0.3) is 6.08 Å². The first-order valence-corrected chi connectivity index (χ1v) is 5.03. The molecule has 1 rings (SSSR count). The molecular weight excluding hydrogens is 206 g/mol. The average molecular weight is 221 g/mol. The van der Waals surface area contributed by atoms with Crippen LogP contribution in [-0.4, -0.2) is 22.7 Å². The van der Waals surface area contributed by atoms with Crippen LogP contribution in [0.5, 0.6) is 11.5 Å². The minimum atomic E-state index is -0.0706. The van der Waals surface area contributed by atoms with Gasteiger partial charge in [0.2, 0.25) is 5.91 Å². The number of benzene rings is 1. The summed E-state index contributed by atoms with van der Waals surface area (Å²) in [4.78, 5) is 10.6.